The molecule has 3 amide bonds. The van der Waals surface area contributed by atoms with Crippen LogP contribution in [-0.2, 0) is 19.1 Å². The fourth-order valence-electron chi connectivity index (χ4n) is 3.39. The number of benzene rings is 1. The smallest absolute Gasteiger partial charge is 0.329 e. The molecule has 0 aromatic heterocycles. The van der Waals surface area contributed by atoms with E-state index in [1.165, 1.54) is 6.07 Å². The summed E-state index contributed by atoms with van der Waals surface area (Å²) in [4.78, 5) is 59.2. The summed E-state index contributed by atoms with van der Waals surface area (Å²) in [7, 11) is 0. The largest absolute Gasteiger partial charge is 0.454 e. The van der Waals surface area contributed by atoms with Crippen molar-refractivity contribution in [3.8, 4) is 0 Å². The summed E-state index contributed by atoms with van der Waals surface area (Å²) in [5.74, 6) is -3.29. The minimum atomic E-state index is -1.10. The molecule has 0 saturated heterocycles. The summed E-state index contributed by atoms with van der Waals surface area (Å²) in [6.07, 6.45) is 4.41. The third-order valence-corrected chi connectivity index (χ3v) is 5.51. The van der Waals surface area contributed by atoms with Gasteiger partial charge in [0, 0.05) is 18.1 Å². The fourth-order valence-corrected chi connectivity index (χ4v) is 3.65. The topological polar surface area (TPSA) is 145 Å². The average Bonchev–Trinajstić information content (AvgIpc) is 2.75. The van der Waals surface area contributed by atoms with Crippen molar-refractivity contribution in [2.24, 2.45) is 11.8 Å². The van der Waals surface area contributed by atoms with Crippen LogP contribution in [0.1, 0.15) is 56.3 Å². The zero-order chi connectivity index (χ0) is 23.8. The third-order valence-electron chi connectivity index (χ3n) is 5.20. The minimum Gasteiger partial charge on any atom is -0.454 e. The third kappa shape index (κ3) is 7.01. The van der Waals surface area contributed by atoms with Crippen molar-refractivity contribution in [3.05, 3.63) is 38.9 Å². The van der Waals surface area contributed by atoms with Crippen LogP contribution in [0.25, 0.3) is 0 Å². The van der Waals surface area contributed by atoms with Gasteiger partial charge in [-0.15, -0.1) is 0 Å². The van der Waals surface area contributed by atoms with E-state index >= 15 is 0 Å². The molecule has 0 aliphatic heterocycles. The van der Waals surface area contributed by atoms with E-state index in [2.05, 4.69) is 10.6 Å². The van der Waals surface area contributed by atoms with Gasteiger partial charge in [-0.3, -0.25) is 29.8 Å². The first-order valence-corrected chi connectivity index (χ1v) is 10.7. The highest BCUT2D eigenvalue weighted by molar-refractivity contribution is 6.34. The summed E-state index contributed by atoms with van der Waals surface area (Å²) in [5.41, 5.74) is -0.327. The fraction of sp³-hybridized carbons (Fsp3) is 0.524. The van der Waals surface area contributed by atoms with Crippen molar-refractivity contribution in [2.75, 3.05) is 6.61 Å². The number of halogens is 1. The molecule has 1 aromatic carbocycles. The molecule has 0 spiro atoms. The van der Waals surface area contributed by atoms with Gasteiger partial charge in [0.05, 0.1) is 15.5 Å². The van der Waals surface area contributed by atoms with Crippen LogP contribution in [0.4, 0.5) is 5.69 Å². The molecule has 1 fully saturated rings. The van der Waals surface area contributed by atoms with Gasteiger partial charge >= 0.3 is 5.97 Å². The second-order valence-corrected chi connectivity index (χ2v) is 8.38. The van der Waals surface area contributed by atoms with Crippen LogP contribution >= 0.6 is 11.6 Å². The molecule has 174 valence electrons. The first kappa shape index (κ1) is 25.3. The van der Waals surface area contributed by atoms with Gasteiger partial charge in [-0.25, -0.2) is 4.79 Å². The molecule has 2 rings (SSSR count). The van der Waals surface area contributed by atoms with Gasteiger partial charge in [0.25, 0.3) is 17.5 Å². The molecule has 1 aliphatic carbocycles. The summed E-state index contributed by atoms with van der Waals surface area (Å²) in [6.45, 7) is 2.67. The number of nitrogens with one attached hydrogen (secondary N) is 2. The Morgan fingerprint density at radius 3 is 2.41 bits per heavy atom. The monoisotopic (exact) mass is 467 g/mol. The molecule has 0 bridgehead atoms. The van der Waals surface area contributed by atoms with Gasteiger partial charge in [-0.05, 0) is 24.8 Å². The van der Waals surface area contributed by atoms with Gasteiger partial charge < -0.3 is 10.1 Å². The van der Waals surface area contributed by atoms with E-state index in [0.717, 1.165) is 44.2 Å². The normalized spacial score (nSPS) is 15.0. The van der Waals surface area contributed by atoms with E-state index < -0.39 is 41.3 Å². The maximum Gasteiger partial charge on any atom is 0.329 e. The maximum absolute atomic E-state index is 12.5. The zero-order valence-electron chi connectivity index (χ0n) is 17.9. The number of non-ortho nitro benzene ring substituents is 1. The van der Waals surface area contributed by atoms with E-state index in [1.807, 2.05) is 0 Å². The molecular weight excluding hydrogens is 442 g/mol. The number of hydrogen-bond donors (Lipinski definition) is 2. The number of nitro benzene ring substituents is 1. The van der Waals surface area contributed by atoms with Gasteiger partial charge in [0.1, 0.15) is 6.04 Å². The molecule has 0 radical (unpaired) electrons. The summed E-state index contributed by atoms with van der Waals surface area (Å²) < 4.78 is 4.99. The lowest BCUT2D eigenvalue weighted by Gasteiger charge is -2.22. The highest BCUT2D eigenvalue weighted by Gasteiger charge is 2.29. The number of nitrogens with zero attached hydrogens (tertiary/aromatic N) is 1. The molecule has 1 aliphatic rings. The van der Waals surface area contributed by atoms with E-state index in [9.17, 15) is 29.3 Å². The number of carbonyl (C=O) groups is 4. The summed E-state index contributed by atoms with van der Waals surface area (Å²) in [5, 5.41) is 15.4. The average molecular weight is 468 g/mol. The van der Waals surface area contributed by atoms with E-state index in [4.69, 9.17) is 16.3 Å². The first-order chi connectivity index (χ1) is 15.1. The van der Waals surface area contributed by atoms with Crippen molar-refractivity contribution in [3.63, 3.8) is 0 Å². The lowest BCUT2D eigenvalue weighted by molar-refractivity contribution is -0.384. The number of rotatable bonds is 8. The Morgan fingerprint density at radius 1 is 1.19 bits per heavy atom. The summed E-state index contributed by atoms with van der Waals surface area (Å²) >= 11 is 5.96. The first-order valence-electron chi connectivity index (χ1n) is 10.3. The van der Waals surface area contributed by atoms with Crippen LogP contribution in [0, 0.1) is 22.0 Å². The number of imide groups is 1. The highest BCUT2D eigenvalue weighted by atomic mass is 35.5. The summed E-state index contributed by atoms with van der Waals surface area (Å²) in [6, 6.07) is 2.24. The SMILES string of the molecule is CC(C)C(NC(=O)c1ccc([N+](=O)[O-])cc1Cl)C(=O)OCC(=O)NC(=O)C1CCCCC1. The lowest BCUT2D eigenvalue weighted by atomic mass is 9.89. The second kappa shape index (κ2) is 11.6. The molecule has 1 atom stereocenters. The Hall–Kier alpha value is -3.01. The van der Waals surface area contributed by atoms with E-state index in [0.29, 0.717) is 0 Å². The van der Waals surface area contributed by atoms with Crippen molar-refractivity contribution >= 4 is 41.0 Å². The zero-order valence-corrected chi connectivity index (χ0v) is 18.6. The van der Waals surface area contributed by atoms with Gasteiger partial charge in [0.15, 0.2) is 6.61 Å². The predicted octanol–water partition coefficient (Wildman–Crippen LogP) is 2.77. The van der Waals surface area contributed by atoms with Crippen LogP contribution in [0.3, 0.4) is 0 Å². The van der Waals surface area contributed by atoms with Crippen LogP contribution in [0.2, 0.25) is 5.02 Å². The van der Waals surface area contributed by atoms with Crippen LogP contribution in [0.15, 0.2) is 18.2 Å². The molecular formula is C21H26ClN3O7. The predicted molar refractivity (Wildman–Crippen MR) is 115 cm³/mol. The van der Waals surface area contributed by atoms with Crippen molar-refractivity contribution < 1.29 is 28.8 Å². The van der Waals surface area contributed by atoms with Crippen LogP contribution in [-0.4, -0.2) is 41.3 Å². The molecule has 1 unspecified atom stereocenters. The highest BCUT2D eigenvalue weighted by Crippen LogP contribution is 2.24. The maximum atomic E-state index is 12.5. The quantitative estimate of drug-likeness (QED) is 0.339. The van der Waals surface area contributed by atoms with Crippen LogP contribution < -0.4 is 10.6 Å². The minimum absolute atomic E-state index is 0.0495. The molecule has 2 N–H and O–H groups in total. The lowest BCUT2D eigenvalue weighted by Crippen LogP contribution is -2.46. The molecule has 1 aromatic rings. The van der Waals surface area contributed by atoms with Gasteiger partial charge in [-0.2, -0.15) is 0 Å². The number of hydrogen-bond acceptors (Lipinski definition) is 7. The Kier molecular flexibility index (Phi) is 9.13. The Labute approximate surface area is 190 Å². The van der Waals surface area contributed by atoms with Crippen molar-refractivity contribution in [1.29, 1.82) is 0 Å². The van der Waals surface area contributed by atoms with Gasteiger partial charge in [0.2, 0.25) is 5.91 Å². The molecule has 11 heteroatoms. The van der Waals surface area contributed by atoms with E-state index in [-0.39, 0.29) is 28.1 Å². The van der Waals surface area contributed by atoms with Gasteiger partial charge in [-0.1, -0.05) is 44.7 Å². The molecule has 0 heterocycles. The van der Waals surface area contributed by atoms with Crippen LogP contribution in [0.5, 0.6) is 0 Å². The van der Waals surface area contributed by atoms with Crippen molar-refractivity contribution in [1.82, 2.24) is 10.6 Å². The molecule has 10 nitrogen and oxygen atoms in total. The number of carbonyl (C=O) groups excluding carboxylic acids is 4. The number of ether oxygens (including phenoxy) is 1. The Balaban J connectivity index is 1.93. The van der Waals surface area contributed by atoms with E-state index in [1.54, 1.807) is 13.8 Å². The Morgan fingerprint density at radius 2 is 1.84 bits per heavy atom. The number of esters is 1. The second-order valence-electron chi connectivity index (χ2n) is 7.97. The number of amides is 3. The Bertz CT molecular complexity index is 897. The standard InChI is InChI=1S/C21H26ClN3O7/c1-12(2)18(24-20(28)15-9-8-14(25(30)31)10-16(15)22)21(29)32-11-17(26)23-19(27)13-6-4-3-5-7-13/h8-10,12-13,18H,3-7,11H2,1-2H3,(H,24,28)(H,23,26,27). The molecule has 32 heavy (non-hydrogen) atoms. The number of nitro groups is 1. The molecule has 1 saturated carbocycles. The van der Waals surface area contributed by atoms with Crippen molar-refractivity contribution in [2.45, 2.75) is 52.0 Å².